The molecule has 1 aliphatic carbocycles. The van der Waals surface area contributed by atoms with Crippen molar-refractivity contribution in [1.82, 2.24) is 25.3 Å². The number of nitrogens with one attached hydrogen (secondary N) is 3. The smallest absolute Gasteiger partial charge is 0.260 e. The molecular weight excluding hydrogens is 1330 g/mol. The molecule has 0 spiro atoms. The van der Waals surface area contributed by atoms with Crippen molar-refractivity contribution in [3.05, 3.63) is 95.3 Å². The van der Waals surface area contributed by atoms with Crippen LogP contribution < -0.4 is 34.9 Å². The Kier molecular flexibility index (Phi) is 31.2. The molecule has 0 aromatic heterocycles. The summed E-state index contributed by atoms with van der Waals surface area (Å²) in [5.74, 6) is -0.198. The zero-order valence-electron chi connectivity index (χ0n) is 59.7. The van der Waals surface area contributed by atoms with Crippen LogP contribution in [0.4, 0.5) is 17.1 Å². The first-order chi connectivity index (χ1) is 50.1. The summed E-state index contributed by atoms with van der Waals surface area (Å²) in [6.07, 6.45) is 15.3. The lowest BCUT2D eigenvalue weighted by Crippen LogP contribution is -2.44. The van der Waals surface area contributed by atoms with Crippen LogP contribution in [0, 0.1) is 17.8 Å². The summed E-state index contributed by atoms with van der Waals surface area (Å²) in [7, 11) is 3.06. The average molecular weight is 1430 g/mol. The Balaban J connectivity index is 0.559. The van der Waals surface area contributed by atoms with E-state index in [1.54, 1.807) is 47.4 Å². The van der Waals surface area contributed by atoms with Crippen LogP contribution >= 0.6 is 0 Å². The Hall–Kier alpha value is -8.74. The van der Waals surface area contributed by atoms with E-state index < -0.39 is 17.9 Å². The van der Waals surface area contributed by atoms with E-state index in [1.807, 2.05) is 63.7 Å². The van der Waals surface area contributed by atoms with Gasteiger partial charge in [0.05, 0.1) is 174 Å². The summed E-state index contributed by atoms with van der Waals surface area (Å²) in [5, 5.41) is 8.55. The molecule has 7 amide bonds. The zero-order chi connectivity index (χ0) is 72.9. The van der Waals surface area contributed by atoms with Crippen LogP contribution in [-0.4, -0.2) is 239 Å². The molecule has 3 aromatic carbocycles. The van der Waals surface area contributed by atoms with Gasteiger partial charge >= 0.3 is 0 Å². The average Bonchev–Trinajstić information content (AvgIpc) is 1.65. The minimum absolute atomic E-state index is 0.0311. The van der Waals surface area contributed by atoms with Crippen LogP contribution in [-0.2, 0) is 66.7 Å². The number of benzene rings is 3. The van der Waals surface area contributed by atoms with Crippen molar-refractivity contribution >= 4 is 82.2 Å². The first kappa shape index (κ1) is 78.4. The number of hydrogen-bond acceptors (Lipinski definition) is 22. The molecule has 1 unspecified atom stereocenters. The van der Waals surface area contributed by atoms with Gasteiger partial charge in [-0.15, -0.1) is 0 Å². The van der Waals surface area contributed by atoms with Gasteiger partial charge in [-0.1, -0.05) is 32.9 Å². The molecule has 5 aliphatic heterocycles. The van der Waals surface area contributed by atoms with Gasteiger partial charge in [-0.25, -0.2) is 0 Å². The van der Waals surface area contributed by atoms with Gasteiger partial charge in [0.2, 0.25) is 17.7 Å². The summed E-state index contributed by atoms with van der Waals surface area (Å²) < 4.78 is 67.8. The molecule has 9 rings (SSSR count). The second kappa shape index (κ2) is 40.9. The summed E-state index contributed by atoms with van der Waals surface area (Å²) in [6.45, 7) is 12.4. The van der Waals surface area contributed by atoms with E-state index in [9.17, 15) is 38.4 Å². The van der Waals surface area contributed by atoms with Gasteiger partial charge < -0.3 is 82.6 Å². The number of carbonyl (C=O) groups excluding carboxylic acids is 8. The lowest BCUT2D eigenvalue weighted by molar-refractivity contribution is -0.137. The first-order valence-electron chi connectivity index (χ1n) is 35.6. The molecule has 103 heavy (non-hydrogen) atoms. The predicted molar refractivity (Wildman–Crippen MR) is 380 cm³/mol. The van der Waals surface area contributed by atoms with Crippen molar-refractivity contribution in [3.63, 3.8) is 0 Å². The number of anilines is 1. The van der Waals surface area contributed by atoms with Crippen molar-refractivity contribution in [2.24, 2.45) is 27.7 Å². The van der Waals surface area contributed by atoms with Gasteiger partial charge in [0.1, 0.15) is 0 Å². The van der Waals surface area contributed by atoms with Gasteiger partial charge in [0.25, 0.3) is 23.6 Å². The first-order valence-corrected chi connectivity index (χ1v) is 35.6. The number of fused-ring (bicyclic) bond motifs is 4. The number of ether oxygens (including phenoxy) is 12. The van der Waals surface area contributed by atoms with E-state index in [-0.39, 0.29) is 105 Å². The molecule has 6 aliphatic rings. The fourth-order valence-corrected chi connectivity index (χ4v) is 11.9. The van der Waals surface area contributed by atoms with Crippen molar-refractivity contribution in [2.45, 2.75) is 103 Å². The number of hydrogen-bond donors (Lipinski definition) is 3. The number of amides is 7. The van der Waals surface area contributed by atoms with Crippen molar-refractivity contribution < 1.29 is 95.2 Å². The maximum absolute atomic E-state index is 14.1. The van der Waals surface area contributed by atoms with E-state index in [4.69, 9.17) is 66.8 Å². The third kappa shape index (κ3) is 23.9. The number of methoxy groups -OCH3 is 2. The Morgan fingerprint density at radius 1 is 0.544 bits per heavy atom. The minimum atomic E-state index is -0.665. The van der Waals surface area contributed by atoms with Gasteiger partial charge in [0.15, 0.2) is 28.8 Å². The third-order valence-corrected chi connectivity index (χ3v) is 17.8. The second-order valence-electron chi connectivity index (χ2n) is 25.8. The highest BCUT2D eigenvalue weighted by Crippen LogP contribution is 2.45. The van der Waals surface area contributed by atoms with E-state index in [2.05, 4.69) is 16.0 Å². The fourth-order valence-electron chi connectivity index (χ4n) is 11.9. The molecule has 0 bridgehead atoms. The van der Waals surface area contributed by atoms with Crippen molar-refractivity contribution in [1.29, 1.82) is 0 Å². The van der Waals surface area contributed by atoms with Crippen LogP contribution in [0.3, 0.4) is 0 Å². The Labute approximate surface area is 601 Å². The summed E-state index contributed by atoms with van der Waals surface area (Å²) in [6, 6.07) is 13.2. The molecule has 4 atom stereocenters. The molecule has 0 saturated heterocycles. The highest BCUT2D eigenvalue weighted by molar-refractivity contribution is 6.13. The highest BCUT2D eigenvalue weighted by Gasteiger charge is 2.39. The van der Waals surface area contributed by atoms with Gasteiger partial charge in [-0.3, -0.25) is 53.2 Å². The number of ketones is 1. The largest absolute Gasteiger partial charge is 0.493 e. The molecular formula is C75H98N8O20. The zero-order valence-corrected chi connectivity index (χ0v) is 59.7. The Bertz CT molecular complexity index is 3530. The molecule has 3 N–H and O–H groups in total. The van der Waals surface area contributed by atoms with Crippen LogP contribution in [0.2, 0.25) is 0 Å². The molecule has 1 fully saturated rings. The maximum atomic E-state index is 14.1. The molecule has 3 aromatic rings. The second-order valence-corrected chi connectivity index (χ2v) is 25.8. The van der Waals surface area contributed by atoms with Crippen molar-refractivity contribution in [2.75, 3.05) is 152 Å². The molecule has 28 nitrogen and oxygen atoms in total. The third-order valence-electron chi connectivity index (χ3n) is 17.8. The van der Waals surface area contributed by atoms with Crippen molar-refractivity contribution in [3.8, 4) is 23.0 Å². The summed E-state index contributed by atoms with van der Waals surface area (Å²) in [5.41, 5.74) is 5.59. The number of nitrogens with zero attached hydrogens (tertiary/aromatic N) is 5. The Morgan fingerprint density at radius 2 is 1.04 bits per heavy atom. The van der Waals surface area contributed by atoms with E-state index in [0.717, 1.165) is 22.5 Å². The number of aliphatic imine (C=N–C) groups is 2. The minimum Gasteiger partial charge on any atom is -0.493 e. The topological polar surface area (TPSA) is 318 Å². The summed E-state index contributed by atoms with van der Waals surface area (Å²) >= 11 is 0. The van der Waals surface area contributed by atoms with E-state index >= 15 is 0 Å². The number of imide groups is 1. The SMILES string of the molecule is COc1cc2c(cc1OCCCOc1cc3c(cc1OC)C(=O)N1C=C(C4CC4)C[C@H]1C=N3)N=C[C@@H]1CC(c3ccc(NC(=O)[C@H](C)CCCC(=O)C(NC(=O)CCOCCOCCOCCOCCOCCOCCOCCOCCNC(=O)CCN4C(=O)C=CC4=O)C(C)C)cc3)=CN1C2=O. The van der Waals surface area contributed by atoms with Crippen LogP contribution in [0.1, 0.15) is 111 Å². The quantitative estimate of drug-likeness (QED) is 0.0373. The maximum Gasteiger partial charge on any atom is 0.260 e. The number of rotatable bonds is 49. The molecule has 28 heteroatoms. The monoisotopic (exact) mass is 1430 g/mol. The van der Waals surface area contributed by atoms with E-state index in [1.165, 1.54) is 37.7 Å². The Morgan fingerprint density at radius 3 is 1.54 bits per heavy atom. The van der Waals surface area contributed by atoms with Gasteiger partial charge in [-0.05, 0) is 84.9 Å². The lowest BCUT2D eigenvalue weighted by atomic mass is 9.94. The van der Waals surface area contributed by atoms with Gasteiger partial charge in [0, 0.05) is 106 Å². The lowest BCUT2D eigenvalue weighted by Gasteiger charge is -2.21. The van der Waals surface area contributed by atoms with Crippen LogP contribution in [0.15, 0.2) is 88.6 Å². The molecule has 0 radical (unpaired) electrons. The summed E-state index contributed by atoms with van der Waals surface area (Å²) in [4.78, 5) is 116. The predicted octanol–water partition coefficient (Wildman–Crippen LogP) is 7.16. The standard InChI is InChI=1S/C75H98N8O20/c1-50(2)72(80-69(86)19-24-94-26-28-96-30-32-98-34-36-100-38-39-101-37-35-99-33-31-97-29-27-95-25-20-76-68(85)18-21-81-70(87)16-17-71(81)88)63(84)9-6-8-51(3)73(89)79-56-14-12-53(13-15-56)55-41-58-47-78-62-45-67(65(93-5)43-60(62)75(91)83(58)49-55)103-23-7-22-102-66-44-61-59(42-64(66)92-4)74(90)82-48-54(52-10-11-52)40-57(82)46-77-61/h12-17,42-52,57-58,72H,6-11,18-41H2,1-5H3,(H,76,85)(H,79,89)(H,80,86)/t51-,57+,58+,72?/m1/s1. The normalized spacial score (nSPS) is 17.1. The molecule has 558 valence electrons. The van der Waals surface area contributed by atoms with E-state index in [0.29, 0.717) is 188 Å². The molecule has 5 heterocycles. The molecule has 1 saturated carbocycles. The van der Waals surface area contributed by atoms with Crippen LogP contribution in [0.5, 0.6) is 23.0 Å². The number of Topliss-reactive ketones (excluding diaryl/α,β-unsaturated/α-hetero) is 1. The highest BCUT2D eigenvalue weighted by atomic mass is 16.6. The number of carbonyl (C=O) groups is 8. The van der Waals surface area contributed by atoms with Crippen LogP contribution in [0.25, 0.3) is 5.57 Å². The van der Waals surface area contributed by atoms with Gasteiger partial charge in [-0.2, -0.15) is 0 Å². The fraction of sp³-hybridized carbons (Fsp3) is 0.547.